The largest absolute Gasteiger partial charge is 0.402 e. The third-order valence-electron chi connectivity index (χ3n) is 5.07. The van der Waals surface area contributed by atoms with Crippen LogP contribution in [0.2, 0.25) is 0 Å². The van der Waals surface area contributed by atoms with E-state index in [-0.39, 0.29) is 17.7 Å². The van der Waals surface area contributed by atoms with Crippen molar-refractivity contribution in [1.82, 2.24) is 14.8 Å². The molecule has 26 heavy (non-hydrogen) atoms. The average molecular weight is 354 g/mol. The number of aryl methyl sites for hydroxylation is 1. The smallest absolute Gasteiger partial charge is 0.270 e. The van der Waals surface area contributed by atoms with E-state index < -0.39 is 0 Å². The Kier molecular flexibility index (Phi) is 5.30. The van der Waals surface area contributed by atoms with Gasteiger partial charge in [0.05, 0.1) is 0 Å². The zero-order chi connectivity index (χ0) is 18.7. The first-order valence-corrected chi connectivity index (χ1v) is 9.10. The van der Waals surface area contributed by atoms with Gasteiger partial charge in [0, 0.05) is 55.3 Å². The fraction of sp³-hybridized carbons (Fsp3) is 0.400. The lowest BCUT2D eigenvalue weighted by Crippen LogP contribution is -2.40. The van der Waals surface area contributed by atoms with Gasteiger partial charge in [0.2, 0.25) is 5.91 Å². The number of nitrogens with one attached hydrogen (secondary N) is 1. The molecule has 1 saturated heterocycles. The number of nitrogens with zero attached hydrogens (tertiary/aromatic N) is 2. The number of piperidine rings is 1. The van der Waals surface area contributed by atoms with Crippen molar-refractivity contribution in [3.63, 3.8) is 0 Å². The van der Waals surface area contributed by atoms with Crippen LogP contribution in [-0.2, 0) is 11.8 Å². The molecule has 0 radical (unpaired) electrons. The molecule has 0 spiro atoms. The maximum atomic E-state index is 12.9. The van der Waals surface area contributed by atoms with Crippen molar-refractivity contribution in [2.24, 2.45) is 18.7 Å². The summed E-state index contributed by atoms with van der Waals surface area (Å²) in [4.78, 5) is 26.4. The zero-order valence-electron chi connectivity index (χ0n) is 15.4. The van der Waals surface area contributed by atoms with Crippen LogP contribution < -0.4 is 11.1 Å². The van der Waals surface area contributed by atoms with Crippen molar-refractivity contribution >= 4 is 22.7 Å². The number of fused-ring (bicyclic) bond motifs is 1. The van der Waals surface area contributed by atoms with Crippen LogP contribution in [0.5, 0.6) is 0 Å². The summed E-state index contributed by atoms with van der Waals surface area (Å²) in [7, 11) is 1.93. The first kappa shape index (κ1) is 18.0. The van der Waals surface area contributed by atoms with E-state index in [0.29, 0.717) is 31.0 Å². The molecular formula is C20H26N4O2. The second-order valence-electron chi connectivity index (χ2n) is 6.75. The van der Waals surface area contributed by atoms with Gasteiger partial charge in [-0.2, -0.15) is 0 Å². The number of allylic oxidation sites excluding steroid dienone is 1. The van der Waals surface area contributed by atoms with Gasteiger partial charge in [-0.1, -0.05) is 18.2 Å². The highest BCUT2D eigenvalue weighted by molar-refractivity contribution is 5.98. The first-order chi connectivity index (χ1) is 12.5. The molecule has 0 atom stereocenters. The maximum absolute atomic E-state index is 12.9. The van der Waals surface area contributed by atoms with Crippen molar-refractivity contribution in [2.75, 3.05) is 19.6 Å². The average Bonchev–Trinajstić information content (AvgIpc) is 2.98. The van der Waals surface area contributed by atoms with Crippen LogP contribution in [0, 0.1) is 5.92 Å². The molecular weight excluding hydrogens is 328 g/mol. The molecule has 3 N–H and O–H groups in total. The number of hydrogen-bond acceptors (Lipinski definition) is 3. The van der Waals surface area contributed by atoms with Crippen LogP contribution in [0.25, 0.3) is 10.9 Å². The Morgan fingerprint density at radius 1 is 1.27 bits per heavy atom. The number of carbonyl (C=O) groups is 2. The number of para-hydroxylation sites is 1. The van der Waals surface area contributed by atoms with Gasteiger partial charge in [0.15, 0.2) is 0 Å². The number of aromatic nitrogens is 1. The summed E-state index contributed by atoms with van der Waals surface area (Å²) in [5.41, 5.74) is 8.44. The van der Waals surface area contributed by atoms with Crippen LogP contribution in [0.4, 0.5) is 0 Å². The number of likely N-dealkylation sites (N-methyl/N-ethyl adjacent to an activating group) is 1. The van der Waals surface area contributed by atoms with E-state index in [1.165, 1.54) is 6.08 Å². The number of likely N-dealkylation sites (tertiary alicyclic amines) is 1. The Balaban J connectivity index is 1.66. The van der Waals surface area contributed by atoms with Crippen molar-refractivity contribution in [2.45, 2.75) is 19.8 Å². The number of amides is 2. The van der Waals surface area contributed by atoms with E-state index in [4.69, 9.17) is 5.73 Å². The highest BCUT2D eigenvalue weighted by Crippen LogP contribution is 2.25. The van der Waals surface area contributed by atoms with Crippen LogP contribution >= 0.6 is 0 Å². The highest BCUT2D eigenvalue weighted by Gasteiger charge is 2.26. The molecule has 6 nitrogen and oxygen atoms in total. The van der Waals surface area contributed by atoms with Crippen molar-refractivity contribution < 1.29 is 9.59 Å². The van der Waals surface area contributed by atoms with E-state index in [9.17, 15) is 9.59 Å². The molecule has 1 aromatic carbocycles. The van der Waals surface area contributed by atoms with E-state index in [0.717, 1.165) is 23.7 Å². The summed E-state index contributed by atoms with van der Waals surface area (Å²) in [5.74, 6) is 0.0431. The lowest BCUT2D eigenvalue weighted by Gasteiger charge is -2.32. The number of rotatable bonds is 4. The van der Waals surface area contributed by atoms with E-state index in [2.05, 4.69) is 5.32 Å². The SMILES string of the molecule is CCNC(=O)/C=C(\N)C1CCN(C(=O)c2cc3ccccc3n2C)CC1. The van der Waals surface area contributed by atoms with Gasteiger partial charge in [-0.05, 0) is 31.9 Å². The third-order valence-corrected chi connectivity index (χ3v) is 5.07. The predicted molar refractivity (Wildman–Crippen MR) is 103 cm³/mol. The molecule has 2 heterocycles. The fourth-order valence-corrected chi connectivity index (χ4v) is 3.57. The topological polar surface area (TPSA) is 80.4 Å². The Morgan fingerprint density at radius 2 is 1.96 bits per heavy atom. The quantitative estimate of drug-likeness (QED) is 0.824. The highest BCUT2D eigenvalue weighted by atomic mass is 16.2. The molecule has 2 aromatic rings. The summed E-state index contributed by atoms with van der Waals surface area (Å²) in [5, 5.41) is 3.79. The Labute approximate surface area is 153 Å². The molecule has 3 rings (SSSR count). The summed E-state index contributed by atoms with van der Waals surface area (Å²) in [6.45, 7) is 3.75. The molecule has 1 aromatic heterocycles. The molecule has 0 aliphatic carbocycles. The molecule has 0 unspecified atom stereocenters. The Hall–Kier alpha value is -2.76. The van der Waals surface area contributed by atoms with Crippen molar-refractivity contribution in [1.29, 1.82) is 0 Å². The molecule has 1 aliphatic rings. The van der Waals surface area contributed by atoms with Crippen molar-refractivity contribution in [3.8, 4) is 0 Å². The summed E-state index contributed by atoms with van der Waals surface area (Å²) < 4.78 is 1.95. The van der Waals surface area contributed by atoms with E-state index >= 15 is 0 Å². The van der Waals surface area contributed by atoms with E-state index in [1.807, 2.05) is 53.8 Å². The zero-order valence-corrected chi connectivity index (χ0v) is 15.4. The summed E-state index contributed by atoms with van der Waals surface area (Å²) in [6, 6.07) is 9.95. The summed E-state index contributed by atoms with van der Waals surface area (Å²) in [6.07, 6.45) is 3.03. The van der Waals surface area contributed by atoms with Crippen molar-refractivity contribution in [3.05, 3.63) is 47.8 Å². The number of benzene rings is 1. The number of hydrogen-bond donors (Lipinski definition) is 2. The second-order valence-corrected chi connectivity index (χ2v) is 6.75. The second kappa shape index (κ2) is 7.64. The van der Waals surface area contributed by atoms with Gasteiger partial charge >= 0.3 is 0 Å². The summed E-state index contributed by atoms with van der Waals surface area (Å²) >= 11 is 0. The minimum absolute atomic E-state index is 0.0495. The molecule has 0 bridgehead atoms. The molecule has 0 saturated carbocycles. The molecule has 6 heteroatoms. The molecule has 138 valence electrons. The van der Waals surface area contributed by atoms with Gasteiger partial charge in [0.1, 0.15) is 5.69 Å². The molecule has 1 fully saturated rings. The van der Waals surface area contributed by atoms with Crippen LogP contribution in [0.3, 0.4) is 0 Å². The Bertz CT molecular complexity index is 845. The monoisotopic (exact) mass is 354 g/mol. The van der Waals surface area contributed by atoms with Gasteiger partial charge in [-0.3, -0.25) is 9.59 Å². The van der Waals surface area contributed by atoms with Gasteiger partial charge in [-0.15, -0.1) is 0 Å². The van der Waals surface area contributed by atoms with Gasteiger partial charge < -0.3 is 20.5 Å². The number of carbonyl (C=O) groups excluding carboxylic acids is 2. The Morgan fingerprint density at radius 3 is 2.62 bits per heavy atom. The number of nitrogens with two attached hydrogens (primary N) is 1. The predicted octanol–water partition coefficient (Wildman–Crippen LogP) is 2.01. The van der Waals surface area contributed by atoms with Gasteiger partial charge in [0.25, 0.3) is 5.91 Å². The standard InChI is InChI=1S/C20H26N4O2/c1-3-22-19(25)13-16(21)14-8-10-24(11-9-14)20(26)18-12-15-6-4-5-7-17(15)23(18)2/h4-7,12-14H,3,8-11,21H2,1-2H3,(H,22,25)/b16-13-. The minimum Gasteiger partial charge on any atom is -0.402 e. The van der Waals surface area contributed by atoms with Crippen LogP contribution in [-0.4, -0.2) is 40.9 Å². The minimum atomic E-state index is -0.154. The molecule has 2 amide bonds. The van der Waals surface area contributed by atoms with E-state index in [1.54, 1.807) is 0 Å². The maximum Gasteiger partial charge on any atom is 0.270 e. The lowest BCUT2D eigenvalue weighted by molar-refractivity contribution is -0.116. The lowest BCUT2D eigenvalue weighted by atomic mass is 9.93. The normalized spacial score (nSPS) is 16.1. The third kappa shape index (κ3) is 3.59. The van der Waals surface area contributed by atoms with Gasteiger partial charge in [-0.25, -0.2) is 0 Å². The van der Waals surface area contributed by atoms with Crippen LogP contribution in [0.1, 0.15) is 30.3 Å². The van der Waals surface area contributed by atoms with Crippen LogP contribution in [0.15, 0.2) is 42.1 Å². The molecule has 1 aliphatic heterocycles. The fourth-order valence-electron chi connectivity index (χ4n) is 3.57. The first-order valence-electron chi connectivity index (χ1n) is 9.10.